The van der Waals surface area contributed by atoms with Gasteiger partial charge < -0.3 is 4.52 Å². The molecule has 0 N–H and O–H groups in total. The zero-order valence-corrected chi connectivity index (χ0v) is 11.5. The molecule has 0 atom stereocenters. The lowest BCUT2D eigenvalue weighted by molar-refractivity contribution is 0.389. The van der Waals surface area contributed by atoms with E-state index in [-0.39, 0.29) is 0 Å². The Hall–Kier alpha value is -1.57. The van der Waals surface area contributed by atoms with Gasteiger partial charge in [-0.25, -0.2) is 0 Å². The van der Waals surface area contributed by atoms with E-state index in [0.717, 1.165) is 23.4 Å². The second kappa shape index (κ2) is 9.64. The van der Waals surface area contributed by atoms with E-state index in [1.54, 1.807) is 0 Å². The number of rotatable bonds is 2. The molecule has 0 bridgehead atoms. The maximum absolute atomic E-state index is 5.12. The van der Waals surface area contributed by atoms with Crippen LogP contribution in [0.15, 0.2) is 40.9 Å². The van der Waals surface area contributed by atoms with Crippen molar-refractivity contribution in [3.05, 3.63) is 42.2 Å². The molecule has 17 heavy (non-hydrogen) atoms. The van der Waals surface area contributed by atoms with E-state index < -0.39 is 0 Å². The molecule has 0 spiro atoms. The highest BCUT2D eigenvalue weighted by Gasteiger charge is 2.03. The lowest BCUT2D eigenvalue weighted by atomic mass is 10.1. The van der Waals surface area contributed by atoms with Crippen LogP contribution in [0.1, 0.15) is 40.4 Å². The summed E-state index contributed by atoms with van der Waals surface area (Å²) in [6, 6.07) is 12.0. The Kier molecular flexibility index (Phi) is 8.75. The Balaban J connectivity index is 0.000000581. The number of aryl methyl sites for hydroxylation is 1. The van der Waals surface area contributed by atoms with Gasteiger partial charge in [0.05, 0.1) is 0 Å². The summed E-state index contributed by atoms with van der Waals surface area (Å²) in [6.07, 6.45) is 0.889. The monoisotopic (exact) mass is 233 g/mol. The topological polar surface area (TPSA) is 26.0 Å². The van der Waals surface area contributed by atoms with Crippen molar-refractivity contribution in [1.29, 1.82) is 0 Å². The Morgan fingerprint density at radius 1 is 1.00 bits per heavy atom. The first kappa shape index (κ1) is 15.4. The lowest BCUT2D eigenvalue weighted by Gasteiger charge is -1.91. The predicted molar refractivity (Wildman–Crippen MR) is 74.0 cm³/mol. The molecule has 0 radical (unpaired) electrons. The van der Waals surface area contributed by atoms with E-state index >= 15 is 0 Å². The standard InChI is InChI=1S/C11H11NO.2C2H6/c1-2-10-8-11(12-13-10)9-6-4-3-5-7-9;2*1-2/h3-8H,2H2,1H3;2*1-2H3. The minimum absolute atomic E-state index is 0.889. The van der Waals surface area contributed by atoms with Gasteiger partial charge in [0.15, 0.2) is 0 Å². The minimum atomic E-state index is 0.889. The van der Waals surface area contributed by atoms with Crippen LogP contribution in [-0.4, -0.2) is 5.16 Å². The summed E-state index contributed by atoms with van der Waals surface area (Å²) in [5, 5.41) is 3.98. The summed E-state index contributed by atoms with van der Waals surface area (Å²) in [6.45, 7) is 10.1. The molecule has 2 aromatic rings. The molecule has 94 valence electrons. The van der Waals surface area contributed by atoms with Crippen molar-refractivity contribution in [1.82, 2.24) is 5.16 Å². The molecule has 0 aliphatic carbocycles. The third-order valence-electron chi connectivity index (χ3n) is 1.98. The second-order valence-electron chi connectivity index (χ2n) is 2.90. The highest BCUT2D eigenvalue weighted by Crippen LogP contribution is 2.18. The van der Waals surface area contributed by atoms with Gasteiger partial charge >= 0.3 is 0 Å². The normalized spacial score (nSPS) is 8.53. The zero-order valence-electron chi connectivity index (χ0n) is 11.5. The fraction of sp³-hybridized carbons (Fsp3) is 0.400. The summed E-state index contributed by atoms with van der Waals surface area (Å²) in [7, 11) is 0. The molecule has 0 amide bonds. The largest absolute Gasteiger partial charge is 0.361 e. The highest BCUT2D eigenvalue weighted by atomic mass is 16.5. The number of benzene rings is 1. The van der Waals surface area contributed by atoms with Gasteiger partial charge in [0.1, 0.15) is 11.5 Å². The van der Waals surface area contributed by atoms with Crippen LogP contribution in [-0.2, 0) is 6.42 Å². The molecule has 0 fully saturated rings. The van der Waals surface area contributed by atoms with Crippen LogP contribution in [0, 0.1) is 0 Å². The van der Waals surface area contributed by atoms with Crippen molar-refractivity contribution in [3.63, 3.8) is 0 Å². The van der Waals surface area contributed by atoms with E-state index in [9.17, 15) is 0 Å². The average Bonchev–Trinajstić information content (AvgIpc) is 2.93. The first-order valence-corrected chi connectivity index (χ1v) is 6.41. The number of hydrogen-bond donors (Lipinski definition) is 0. The molecule has 0 saturated carbocycles. The summed E-state index contributed by atoms with van der Waals surface area (Å²) in [4.78, 5) is 0. The Bertz CT molecular complexity index is 379. The fourth-order valence-electron chi connectivity index (χ4n) is 1.22. The zero-order chi connectivity index (χ0) is 13.1. The fourth-order valence-corrected chi connectivity index (χ4v) is 1.22. The average molecular weight is 233 g/mol. The van der Waals surface area contributed by atoms with Crippen molar-refractivity contribution in [2.24, 2.45) is 0 Å². The van der Waals surface area contributed by atoms with Gasteiger partial charge in [-0.15, -0.1) is 0 Å². The van der Waals surface area contributed by atoms with Gasteiger partial charge in [-0.2, -0.15) is 0 Å². The van der Waals surface area contributed by atoms with Crippen molar-refractivity contribution in [3.8, 4) is 11.3 Å². The Morgan fingerprint density at radius 3 is 2.06 bits per heavy atom. The van der Waals surface area contributed by atoms with Crippen LogP contribution in [0.2, 0.25) is 0 Å². The summed E-state index contributed by atoms with van der Waals surface area (Å²) in [5.74, 6) is 0.929. The molecule has 1 aromatic heterocycles. The molecule has 0 aliphatic heterocycles. The molecule has 2 heteroatoms. The molecule has 0 saturated heterocycles. The van der Waals surface area contributed by atoms with Crippen LogP contribution >= 0.6 is 0 Å². The van der Waals surface area contributed by atoms with E-state index in [1.165, 1.54) is 0 Å². The first-order valence-electron chi connectivity index (χ1n) is 6.41. The summed E-state index contributed by atoms with van der Waals surface area (Å²) >= 11 is 0. The molecular weight excluding hydrogens is 210 g/mol. The maximum atomic E-state index is 5.12. The molecule has 0 aliphatic rings. The van der Waals surface area contributed by atoms with Crippen LogP contribution in [0.5, 0.6) is 0 Å². The van der Waals surface area contributed by atoms with Gasteiger partial charge in [-0.3, -0.25) is 0 Å². The smallest absolute Gasteiger partial charge is 0.137 e. The van der Waals surface area contributed by atoms with Gasteiger partial charge in [0.25, 0.3) is 0 Å². The quantitative estimate of drug-likeness (QED) is 0.733. The van der Waals surface area contributed by atoms with Gasteiger partial charge in [0, 0.05) is 18.1 Å². The van der Waals surface area contributed by atoms with E-state index in [0.29, 0.717) is 0 Å². The molecular formula is C15H23NO. The minimum Gasteiger partial charge on any atom is -0.361 e. The van der Waals surface area contributed by atoms with Crippen molar-refractivity contribution in [2.75, 3.05) is 0 Å². The van der Waals surface area contributed by atoms with Crippen LogP contribution < -0.4 is 0 Å². The Labute approximate surface area is 105 Å². The summed E-state index contributed by atoms with van der Waals surface area (Å²) < 4.78 is 5.12. The highest BCUT2D eigenvalue weighted by molar-refractivity contribution is 5.58. The number of nitrogens with zero attached hydrogens (tertiary/aromatic N) is 1. The number of aromatic nitrogens is 1. The van der Waals surface area contributed by atoms with Gasteiger partial charge in [0.2, 0.25) is 0 Å². The molecule has 2 nitrogen and oxygen atoms in total. The number of hydrogen-bond acceptors (Lipinski definition) is 2. The van der Waals surface area contributed by atoms with Crippen molar-refractivity contribution >= 4 is 0 Å². The van der Waals surface area contributed by atoms with Crippen molar-refractivity contribution < 1.29 is 4.52 Å². The van der Waals surface area contributed by atoms with E-state index in [2.05, 4.69) is 12.1 Å². The second-order valence-corrected chi connectivity index (χ2v) is 2.90. The first-order chi connectivity index (χ1) is 8.40. The maximum Gasteiger partial charge on any atom is 0.137 e. The lowest BCUT2D eigenvalue weighted by Crippen LogP contribution is -1.74. The van der Waals surface area contributed by atoms with Crippen LogP contribution in [0.3, 0.4) is 0 Å². The Morgan fingerprint density at radius 2 is 1.59 bits per heavy atom. The third kappa shape index (κ3) is 4.85. The van der Waals surface area contributed by atoms with Crippen molar-refractivity contribution in [2.45, 2.75) is 41.0 Å². The van der Waals surface area contributed by atoms with Gasteiger partial charge in [-0.05, 0) is 0 Å². The summed E-state index contributed by atoms with van der Waals surface area (Å²) in [5.41, 5.74) is 2.02. The van der Waals surface area contributed by atoms with Crippen LogP contribution in [0.4, 0.5) is 0 Å². The van der Waals surface area contributed by atoms with E-state index in [1.807, 2.05) is 64.1 Å². The molecule has 1 heterocycles. The van der Waals surface area contributed by atoms with Gasteiger partial charge in [-0.1, -0.05) is 70.1 Å². The van der Waals surface area contributed by atoms with Crippen LogP contribution in [0.25, 0.3) is 11.3 Å². The predicted octanol–water partition coefficient (Wildman–Crippen LogP) is 4.96. The third-order valence-corrected chi connectivity index (χ3v) is 1.98. The molecule has 1 aromatic carbocycles. The molecule has 2 rings (SSSR count). The van der Waals surface area contributed by atoms with E-state index in [4.69, 9.17) is 4.52 Å². The SMILES string of the molecule is CC.CC.CCc1cc(-c2ccccc2)no1. The molecule has 0 unspecified atom stereocenters.